The average Bonchev–Trinajstić information content (AvgIpc) is 2.83. The summed E-state index contributed by atoms with van der Waals surface area (Å²) in [5, 5.41) is 5.46. The third kappa shape index (κ3) is 7.14. The van der Waals surface area contributed by atoms with Crippen molar-refractivity contribution in [1.82, 2.24) is 4.31 Å². The quantitative estimate of drug-likeness (QED) is 0.447. The number of hydrogen-bond donors (Lipinski definition) is 2. The molecule has 0 aliphatic rings. The van der Waals surface area contributed by atoms with Gasteiger partial charge < -0.3 is 10.6 Å². The van der Waals surface area contributed by atoms with Crippen molar-refractivity contribution < 1.29 is 22.4 Å². The van der Waals surface area contributed by atoms with Crippen molar-refractivity contribution in [3.05, 3.63) is 89.7 Å². The summed E-state index contributed by atoms with van der Waals surface area (Å²) in [5.41, 5.74) is 2.54. The Balaban J connectivity index is 1.72. The zero-order chi connectivity index (χ0) is 27.4. The van der Waals surface area contributed by atoms with Gasteiger partial charge in [-0.25, -0.2) is 8.70 Å². The van der Waals surface area contributed by atoms with E-state index in [1.54, 1.807) is 36.4 Å². The number of nitrogens with zero attached hydrogens (tertiary/aromatic N) is 2. The molecule has 0 fully saturated rings. The van der Waals surface area contributed by atoms with Crippen LogP contribution < -0.4 is 14.9 Å². The second kappa shape index (κ2) is 11.1. The number of anilines is 3. The molecule has 0 radical (unpaired) electrons. The van der Waals surface area contributed by atoms with Crippen molar-refractivity contribution in [1.29, 1.82) is 0 Å². The van der Waals surface area contributed by atoms with Crippen LogP contribution in [0.2, 0.25) is 0 Å². The maximum Gasteiger partial charge on any atom is 0.304 e. The Kier molecular flexibility index (Phi) is 8.35. The fourth-order valence-corrected chi connectivity index (χ4v) is 4.50. The molecule has 0 atom stereocenters. The summed E-state index contributed by atoms with van der Waals surface area (Å²) in [6.45, 7) is 5.74. The molecule has 3 aromatic rings. The monoisotopic (exact) mass is 526 g/mol. The number of halogens is 1. The highest BCUT2D eigenvalue weighted by atomic mass is 32.2. The maximum atomic E-state index is 13.4. The molecule has 0 aromatic heterocycles. The van der Waals surface area contributed by atoms with Gasteiger partial charge in [0.1, 0.15) is 12.4 Å². The van der Waals surface area contributed by atoms with E-state index in [9.17, 15) is 22.4 Å². The largest absolute Gasteiger partial charge is 0.324 e. The molecule has 196 valence electrons. The van der Waals surface area contributed by atoms with Crippen molar-refractivity contribution in [2.24, 2.45) is 0 Å². The Morgan fingerprint density at radius 3 is 1.97 bits per heavy atom. The van der Waals surface area contributed by atoms with Gasteiger partial charge in [0, 0.05) is 31.0 Å². The standard InChI is InChI=1S/C27H31FN4O4S/c1-27(2,3)20-11-9-19(10-12-20)26(34)30-23-8-6-7-22(17-23)29-25(33)18-32(37(35,36)31(4)5)24-15-13-21(28)14-16-24/h6-17H,18H2,1-5H3,(H,29,33)(H,30,34). The van der Waals surface area contributed by atoms with Crippen LogP contribution in [0, 0.1) is 5.82 Å². The molecular weight excluding hydrogens is 495 g/mol. The number of hydrogen-bond acceptors (Lipinski definition) is 4. The lowest BCUT2D eigenvalue weighted by Crippen LogP contribution is -2.44. The van der Waals surface area contributed by atoms with Crippen LogP contribution in [0.5, 0.6) is 0 Å². The van der Waals surface area contributed by atoms with E-state index in [4.69, 9.17) is 0 Å². The van der Waals surface area contributed by atoms with Crippen molar-refractivity contribution in [3.8, 4) is 0 Å². The van der Waals surface area contributed by atoms with E-state index in [2.05, 4.69) is 31.4 Å². The van der Waals surface area contributed by atoms with Gasteiger partial charge in [-0.3, -0.25) is 9.59 Å². The van der Waals surface area contributed by atoms with Crippen LogP contribution >= 0.6 is 0 Å². The SMILES string of the molecule is CN(C)S(=O)(=O)N(CC(=O)Nc1cccc(NC(=O)c2ccc(C(C)(C)C)cc2)c1)c1ccc(F)cc1. The predicted octanol–water partition coefficient (Wildman–Crippen LogP) is 4.63. The fourth-order valence-electron chi connectivity index (χ4n) is 3.44. The van der Waals surface area contributed by atoms with E-state index in [1.165, 1.54) is 26.2 Å². The Labute approximate surface area is 217 Å². The molecule has 0 saturated carbocycles. The molecule has 37 heavy (non-hydrogen) atoms. The summed E-state index contributed by atoms with van der Waals surface area (Å²) in [7, 11) is -1.35. The summed E-state index contributed by atoms with van der Waals surface area (Å²) >= 11 is 0. The van der Waals surface area contributed by atoms with E-state index in [0.717, 1.165) is 26.3 Å². The number of benzene rings is 3. The summed E-state index contributed by atoms with van der Waals surface area (Å²) < 4.78 is 40.9. The predicted molar refractivity (Wildman–Crippen MR) is 145 cm³/mol. The first-order chi connectivity index (χ1) is 17.3. The summed E-state index contributed by atoms with van der Waals surface area (Å²) in [6.07, 6.45) is 0. The smallest absolute Gasteiger partial charge is 0.304 e. The molecule has 2 N–H and O–H groups in total. The van der Waals surface area contributed by atoms with Gasteiger partial charge in [0.2, 0.25) is 5.91 Å². The number of amides is 2. The Morgan fingerprint density at radius 2 is 1.43 bits per heavy atom. The second-order valence-corrected chi connectivity index (χ2v) is 11.8. The van der Waals surface area contributed by atoms with Crippen LogP contribution in [-0.4, -0.2) is 45.2 Å². The molecule has 0 saturated heterocycles. The highest BCUT2D eigenvalue weighted by molar-refractivity contribution is 7.90. The number of rotatable bonds is 8. The minimum Gasteiger partial charge on any atom is -0.324 e. The van der Waals surface area contributed by atoms with E-state index in [1.807, 2.05) is 12.1 Å². The van der Waals surface area contributed by atoms with Crippen molar-refractivity contribution in [2.45, 2.75) is 26.2 Å². The minimum atomic E-state index is -4.03. The van der Waals surface area contributed by atoms with Crippen LogP contribution in [0.15, 0.2) is 72.8 Å². The molecule has 0 unspecified atom stereocenters. The van der Waals surface area contributed by atoms with Gasteiger partial charge in [-0.05, 0) is 65.6 Å². The summed E-state index contributed by atoms with van der Waals surface area (Å²) in [4.78, 5) is 25.5. The highest BCUT2D eigenvalue weighted by Crippen LogP contribution is 2.23. The Hall–Kier alpha value is -3.76. The van der Waals surface area contributed by atoms with Crippen LogP contribution in [0.4, 0.5) is 21.5 Å². The molecule has 3 aromatic carbocycles. The van der Waals surface area contributed by atoms with Crippen LogP contribution in [0.3, 0.4) is 0 Å². The van der Waals surface area contributed by atoms with E-state index >= 15 is 0 Å². The zero-order valence-corrected chi connectivity index (χ0v) is 22.3. The van der Waals surface area contributed by atoms with Gasteiger partial charge in [0.15, 0.2) is 0 Å². The molecule has 0 aliphatic heterocycles. The zero-order valence-electron chi connectivity index (χ0n) is 21.4. The first-order valence-electron chi connectivity index (χ1n) is 11.5. The van der Waals surface area contributed by atoms with Gasteiger partial charge >= 0.3 is 10.2 Å². The Morgan fingerprint density at radius 1 is 0.865 bits per heavy atom. The summed E-state index contributed by atoms with van der Waals surface area (Å²) in [5.74, 6) is -1.45. The lowest BCUT2D eigenvalue weighted by molar-refractivity contribution is -0.114. The molecule has 0 spiro atoms. The van der Waals surface area contributed by atoms with Crippen molar-refractivity contribution >= 4 is 39.1 Å². The fraction of sp³-hybridized carbons (Fsp3) is 0.259. The lowest BCUT2D eigenvalue weighted by atomic mass is 9.87. The molecular formula is C27H31FN4O4S. The van der Waals surface area contributed by atoms with Gasteiger partial charge in [-0.1, -0.05) is 39.0 Å². The van der Waals surface area contributed by atoms with Gasteiger partial charge in [-0.2, -0.15) is 12.7 Å². The van der Waals surface area contributed by atoms with Gasteiger partial charge in [-0.15, -0.1) is 0 Å². The number of carbonyl (C=O) groups is 2. The van der Waals surface area contributed by atoms with Crippen molar-refractivity contribution in [3.63, 3.8) is 0 Å². The van der Waals surface area contributed by atoms with E-state index in [0.29, 0.717) is 16.9 Å². The third-order valence-corrected chi connectivity index (χ3v) is 7.38. The molecule has 2 amide bonds. The third-order valence-electron chi connectivity index (χ3n) is 5.56. The minimum absolute atomic E-state index is 0.0281. The summed E-state index contributed by atoms with van der Waals surface area (Å²) in [6, 6.07) is 18.7. The van der Waals surface area contributed by atoms with Crippen LogP contribution in [-0.2, 0) is 20.4 Å². The highest BCUT2D eigenvalue weighted by Gasteiger charge is 2.27. The van der Waals surface area contributed by atoms with Crippen LogP contribution in [0.1, 0.15) is 36.7 Å². The van der Waals surface area contributed by atoms with Gasteiger partial charge in [0.05, 0.1) is 5.69 Å². The molecule has 0 heterocycles. The van der Waals surface area contributed by atoms with E-state index < -0.39 is 28.5 Å². The lowest BCUT2D eigenvalue weighted by Gasteiger charge is -2.27. The Bertz CT molecular complexity index is 1370. The molecule has 10 heteroatoms. The maximum absolute atomic E-state index is 13.4. The second-order valence-electron chi connectivity index (χ2n) is 9.68. The topological polar surface area (TPSA) is 98.8 Å². The van der Waals surface area contributed by atoms with Gasteiger partial charge in [0.25, 0.3) is 5.91 Å². The molecule has 3 rings (SSSR count). The molecule has 0 bridgehead atoms. The normalized spacial score (nSPS) is 11.8. The molecule has 0 aliphatic carbocycles. The average molecular weight is 527 g/mol. The number of carbonyl (C=O) groups excluding carboxylic acids is 2. The van der Waals surface area contributed by atoms with E-state index in [-0.39, 0.29) is 17.0 Å². The van der Waals surface area contributed by atoms with Crippen molar-refractivity contribution in [2.75, 3.05) is 35.6 Å². The first kappa shape index (κ1) is 27.8. The first-order valence-corrected chi connectivity index (χ1v) is 12.9. The number of nitrogens with one attached hydrogen (secondary N) is 2. The molecule has 8 nitrogen and oxygen atoms in total. The van der Waals surface area contributed by atoms with Crippen LogP contribution in [0.25, 0.3) is 0 Å².